The van der Waals surface area contributed by atoms with Crippen LogP contribution in [0.2, 0.25) is 0 Å². The predicted octanol–water partition coefficient (Wildman–Crippen LogP) is 4.02. The maximum atomic E-state index is 11.8. The van der Waals surface area contributed by atoms with Crippen LogP contribution in [0, 0.1) is 11.8 Å². The number of fused-ring (bicyclic) bond motifs is 1. The van der Waals surface area contributed by atoms with E-state index in [-0.39, 0.29) is 5.78 Å². The van der Waals surface area contributed by atoms with Gasteiger partial charge in [0.15, 0.2) is 5.78 Å². The lowest BCUT2D eigenvalue weighted by Crippen LogP contribution is -2.28. The largest absolute Gasteiger partial charge is 0.490 e. The molecule has 2 nitrogen and oxygen atoms in total. The van der Waals surface area contributed by atoms with Gasteiger partial charge in [0.25, 0.3) is 0 Å². The van der Waals surface area contributed by atoms with E-state index < -0.39 is 0 Å². The zero-order valence-electron chi connectivity index (χ0n) is 11.8. The average molecular weight is 258 g/mol. The van der Waals surface area contributed by atoms with E-state index in [2.05, 4.69) is 13.8 Å². The molecule has 1 saturated carbocycles. The predicted molar refractivity (Wildman–Crippen MR) is 75.7 cm³/mol. The minimum atomic E-state index is 0.269. The highest BCUT2D eigenvalue weighted by Gasteiger charge is 2.28. The smallest absolute Gasteiger partial charge is 0.163 e. The van der Waals surface area contributed by atoms with Crippen LogP contribution in [0.4, 0.5) is 0 Å². The van der Waals surface area contributed by atoms with E-state index >= 15 is 0 Å². The van der Waals surface area contributed by atoms with Crippen molar-refractivity contribution in [2.75, 3.05) is 0 Å². The van der Waals surface area contributed by atoms with Crippen LogP contribution in [0.25, 0.3) is 0 Å². The number of ketones is 1. The number of carbonyl (C=O) groups excluding carboxylic acids is 1. The maximum Gasteiger partial charge on any atom is 0.163 e. The van der Waals surface area contributed by atoms with Crippen LogP contribution in [-0.2, 0) is 6.42 Å². The number of rotatable bonds is 2. The second-order valence-corrected chi connectivity index (χ2v) is 6.36. The molecule has 0 amide bonds. The lowest BCUT2D eigenvalue weighted by molar-refractivity contribution is 0.0987. The van der Waals surface area contributed by atoms with Crippen LogP contribution < -0.4 is 4.74 Å². The summed E-state index contributed by atoms with van der Waals surface area (Å²) in [5.74, 6) is 2.71. The summed E-state index contributed by atoms with van der Waals surface area (Å²) < 4.78 is 6.24. The average Bonchev–Trinajstić information content (AvgIpc) is 2.71. The van der Waals surface area contributed by atoms with E-state index in [9.17, 15) is 4.79 Å². The Morgan fingerprint density at radius 3 is 2.53 bits per heavy atom. The highest BCUT2D eigenvalue weighted by atomic mass is 16.5. The minimum Gasteiger partial charge on any atom is -0.490 e. The summed E-state index contributed by atoms with van der Waals surface area (Å²) in [4.78, 5) is 11.8. The van der Waals surface area contributed by atoms with Gasteiger partial charge in [0, 0.05) is 17.5 Å². The summed E-state index contributed by atoms with van der Waals surface area (Å²) in [6, 6.07) is 5.91. The molecule has 2 aliphatic rings. The van der Waals surface area contributed by atoms with Gasteiger partial charge in [-0.25, -0.2) is 0 Å². The molecule has 2 heteroatoms. The Morgan fingerprint density at radius 2 is 1.79 bits per heavy atom. The Hall–Kier alpha value is -1.31. The molecule has 0 radical (unpaired) electrons. The molecule has 2 atom stereocenters. The lowest BCUT2D eigenvalue weighted by atomic mass is 9.82. The highest BCUT2D eigenvalue weighted by molar-refractivity contribution is 6.01. The molecular weight excluding hydrogens is 236 g/mol. The van der Waals surface area contributed by atoms with Crippen molar-refractivity contribution >= 4 is 5.78 Å². The number of Topliss-reactive ketones (excluding diaryl/α,β-unsaturated/α-hetero) is 1. The van der Waals surface area contributed by atoms with E-state index in [1.54, 1.807) is 0 Å². The van der Waals surface area contributed by atoms with E-state index in [4.69, 9.17) is 4.74 Å². The van der Waals surface area contributed by atoms with Crippen molar-refractivity contribution in [1.29, 1.82) is 0 Å². The van der Waals surface area contributed by atoms with Crippen molar-refractivity contribution in [1.82, 2.24) is 0 Å². The SMILES string of the molecule is CC1CC(C)CC(Oc2cccc3c2CCC3=O)C1. The van der Waals surface area contributed by atoms with Crippen LogP contribution in [0.3, 0.4) is 0 Å². The molecule has 0 aromatic heterocycles. The van der Waals surface area contributed by atoms with Gasteiger partial charge in [0.2, 0.25) is 0 Å². The molecule has 2 unspecified atom stereocenters. The molecule has 0 bridgehead atoms. The van der Waals surface area contributed by atoms with Gasteiger partial charge in [0.1, 0.15) is 5.75 Å². The summed E-state index contributed by atoms with van der Waals surface area (Å²) in [5.41, 5.74) is 2.02. The van der Waals surface area contributed by atoms with E-state index in [0.29, 0.717) is 12.5 Å². The highest BCUT2D eigenvalue weighted by Crippen LogP contribution is 2.35. The molecule has 1 aromatic carbocycles. The number of ether oxygens (including phenoxy) is 1. The number of hydrogen-bond donors (Lipinski definition) is 0. The molecule has 1 aromatic rings. The first-order valence-corrected chi connectivity index (χ1v) is 7.45. The molecule has 0 heterocycles. The molecule has 0 aliphatic heterocycles. The summed E-state index contributed by atoms with van der Waals surface area (Å²) in [7, 11) is 0. The van der Waals surface area contributed by atoms with Gasteiger partial charge in [-0.3, -0.25) is 4.79 Å². The Balaban J connectivity index is 1.79. The van der Waals surface area contributed by atoms with Gasteiger partial charge < -0.3 is 4.74 Å². The molecule has 0 saturated heterocycles. The molecule has 2 aliphatic carbocycles. The number of hydrogen-bond acceptors (Lipinski definition) is 2. The van der Waals surface area contributed by atoms with Crippen LogP contribution in [0.5, 0.6) is 5.75 Å². The first kappa shape index (κ1) is 12.7. The molecule has 1 fully saturated rings. The summed E-state index contributed by atoms with van der Waals surface area (Å²) in [6.07, 6.45) is 5.41. The van der Waals surface area contributed by atoms with Crippen molar-refractivity contribution in [3.8, 4) is 5.75 Å². The monoisotopic (exact) mass is 258 g/mol. The summed E-state index contributed by atoms with van der Waals surface area (Å²) in [6.45, 7) is 4.62. The second kappa shape index (κ2) is 4.99. The minimum absolute atomic E-state index is 0.269. The standard InChI is InChI=1S/C17H22O2/c1-11-8-12(2)10-13(9-11)19-17-5-3-4-14-15(17)6-7-16(14)18/h3-5,11-13H,6-10H2,1-2H3. The normalized spacial score (nSPS) is 30.2. The number of carbonyl (C=O) groups is 1. The van der Waals surface area contributed by atoms with Gasteiger partial charge in [-0.15, -0.1) is 0 Å². The topological polar surface area (TPSA) is 26.3 Å². The quantitative estimate of drug-likeness (QED) is 0.801. The van der Waals surface area contributed by atoms with Crippen molar-refractivity contribution < 1.29 is 9.53 Å². The Morgan fingerprint density at radius 1 is 1.05 bits per heavy atom. The zero-order chi connectivity index (χ0) is 13.4. The third kappa shape index (κ3) is 2.54. The van der Waals surface area contributed by atoms with E-state index in [1.165, 1.54) is 6.42 Å². The molecule has 102 valence electrons. The molecular formula is C17H22O2. The van der Waals surface area contributed by atoms with Crippen LogP contribution in [0.15, 0.2) is 18.2 Å². The fraction of sp³-hybridized carbons (Fsp3) is 0.588. The fourth-order valence-electron chi connectivity index (χ4n) is 3.72. The van der Waals surface area contributed by atoms with Crippen LogP contribution in [-0.4, -0.2) is 11.9 Å². The van der Waals surface area contributed by atoms with Gasteiger partial charge in [-0.05, 0) is 43.6 Å². The van der Waals surface area contributed by atoms with Crippen molar-refractivity contribution in [3.05, 3.63) is 29.3 Å². The zero-order valence-corrected chi connectivity index (χ0v) is 11.8. The maximum absolute atomic E-state index is 11.8. The van der Waals surface area contributed by atoms with Crippen molar-refractivity contribution in [3.63, 3.8) is 0 Å². The van der Waals surface area contributed by atoms with Crippen molar-refractivity contribution in [2.24, 2.45) is 11.8 Å². The van der Waals surface area contributed by atoms with Gasteiger partial charge in [-0.1, -0.05) is 26.0 Å². The summed E-state index contributed by atoms with van der Waals surface area (Å²) in [5, 5.41) is 0. The van der Waals surface area contributed by atoms with E-state index in [1.807, 2.05) is 18.2 Å². The first-order valence-electron chi connectivity index (χ1n) is 7.45. The third-order valence-electron chi connectivity index (χ3n) is 4.46. The Labute approximate surface area is 115 Å². The van der Waals surface area contributed by atoms with Crippen molar-refractivity contribution in [2.45, 2.75) is 52.1 Å². The second-order valence-electron chi connectivity index (χ2n) is 6.36. The Kier molecular flexibility index (Phi) is 3.34. The van der Waals surface area contributed by atoms with Crippen LogP contribution in [0.1, 0.15) is 55.5 Å². The fourth-order valence-corrected chi connectivity index (χ4v) is 3.72. The van der Waals surface area contributed by atoms with E-state index in [0.717, 1.165) is 48.0 Å². The summed E-state index contributed by atoms with van der Waals surface area (Å²) >= 11 is 0. The first-order chi connectivity index (χ1) is 9.13. The third-order valence-corrected chi connectivity index (χ3v) is 4.46. The molecule has 0 spiro atoms. The number of benzene rings is 1. The van der Waals surface area contributed by atoms with Gasteiger partial charge in [-0.2, -0.15) is 0 Å². The molecule has 0 N–H and O–H groups in total. The lowest BCUT2D eigenvalue weighted by Gasteiger charge is -2.32. The molecule has 3 rings (SSSR count). The molecule has 19 heavy (non-hydrogen) atoms. The van der Waals surface area contributed by atoms with Gasteiger partial charge in [0.05, 0.1) is 6.10 Å². The van der Waals surface area contributed by atoms with Crippen LogP contribution >= 0.6 is 0 Å². The Bertz CT molecular complexity index is 482. The van der Waals surface area contributed by atoms with Gasteiger partial charge >= 0.3 is 0 Å².